The van der Waals surface area contributed by atoms with Crippen molar-refractivity contribution in [3.63, 3.8) is 0 Å². The Morgan fingerprint density at radius 2 is 1.81 bits per heavy atom. The zero-order valence-electron chi connectivity index (χ0n) is 18.7. The second kappa shape index (κ2) is 10.8. The van der Waals surface area contributed by atoms with E-state index in [1.165, 1.54) is 11.8 Å². The molecule has 0 radical (unpaired) electrons. The molecule has 0 saturated heterocycles. The summed E-state index contributed by atoms with van der Waals surface area (Å²) in [4.78, 5) is 12.6. The number of benzene rings is 2. The minimum absolute atomic E-state index is 0.0926. The zero-order chi connectivity index (χ0) is 23.3. The number of carbonyl (C=O) groups excluding carboxylic acids is 1. The number of hydrogen-bond donors (Lipinski definition) is 1. The molecule has 0 unspecified atom stereocenters. The molecule has 32 heavy (non-hydrogen) atoms. The van der Waals surface area contributed by atoms with E-state index in [2.05, 4.69) is 38.0 Å². The summed E-state index contributed by atoms with van der Waals surface area (Å²) in [7, 11) is 0. The van der Waals surface area contributed by atoms with Gasteiger partial charge in [-0.3, -0.25) is 9.36 Å². The number of aromatic nitrogens is 3. The number of carbonyl (C=O) groups is 1. The zero-order valence-corrected chi connectivity index (χ0v) is 21.1. The number of allylic oxidation sites excluding steroid dienone is 1. The summed E-state index contributed by atoms with van der Waals surface area (Å²) in [5.74, 6) is 1.68. The van der Waals surface area contributed by atoms with E-state index < -0.39 is 0 Å². The second-order valence-electron chi connectivity index (χ2n) is 7.56. The molecule has 0 bridgehead atoms. The number of aryl methyl sites for hydroxylation is 4. The van der Waals surface area contributed by atoms with E-state index in [1.807, 2.05) is 62.6 Å². The standard InChI is InChI=1S/C24H27BrN4O2S/c1-6-10-29-20(13-31-23-15(2)8-7-9-16(23)3)27-28-24(29)32-14-21(30)26-22-17(4)11-19(25)12-18(22)5/h6-9,11-12H,1,10,13-14H2,2-5H3,(H,26,30). The highest BCUT2D eigenvalue weighted by Crippen LogP contribution is 2.27. The van der Waals surface area contributed by atoms with Crippen LogP contribution in [-0.4, -0.2) is 26.4 Å². The van der Waals surface area contributed by atoms with Gasteiger partial charge in [0.1, 0.15) is 12.4 Å². The van der Waals surface area contributed by atoms with Gasteiger partial charge < -0.3 is 10.1 Å². The Morgan fingerprint density at radius 3 is 2.44 bits per heavy atom. The van der Waals surface area contributed by atoms with Crippen molar-refractivity contribution in [1.82, 2.24) is 14.8 Å². The van der Waals surface area contributed by atoms with Crippen molar-refractivity contribution in [2.45, 2.75) is 46.0 Å². The fourth-order valence-electron chi connectivity index (χ4n) is 3.42. The number of thioether (sulfide) groups is 1. The van der Waals surface area contributed by atoms with E-state index in [0.29, 0.717) is 17.5 Å². The molecule has 0 saturated carbocycles. The summed E-state index contributed by atoms with van der Waals surface area (Å²) in [6, 6.07) is 10.0. The van der Waals surface area contributed by atoms with Gasteiger partial charge in [0.2, 0.25) is 5.91 Å². The van der Waals surface area contributed by atoms with Crippen LogP contribution < -0.4 is 10.1 Å². The quantitative estimate of drug-likeness (QED) is 0.290. The van der Waals surface area contributed by atoms with Crippen LogP contribution >= 0.6 is 27.7 Å². The molecule has 1 aromatic heterocycles. The topological polar surface area (TPSA) is 69.0 Å². The molecule has 6 nitrogen and oxygen atoms in total. The van der Waals surface area contributed by atoms with Crippen LogP contribution in [-0.2, 0) is 17.9 Å². The van der Waals surface area contributed by atoms with Crippen molar-refractivity contribution in [3.05, 3.63) is 75.5 Å². The second-order valence-corrected chi connectivity index (χ2v) is 9.42. The first-order chi connectivity index (χ1) is 15.3. The van der Waals surface area contributed by atoms with Crippen LogP contribution in [0.2, 0.25) is 0 Å². The Morgan fingerprint density at radius 1 is 1.16 bits per heavy atom. The fraction of sp³-hybridized carbons (Fsp3) is 0.292. The number of para-hydroxylation sites is 1. The highest BCUT2D eigenvalue weighted by atomic mass is 79.9. The Kier molecular flexibility index (Phi) is 8.15. The number of rotatable bonds is 9. The minimum Gasteiger partial charge on any atom is -0.485 e. The molecular weight excluding hydrogens is 488 g/mol. The Labute approximate surface area is 201 Å². The molecule has 1 amide bonds. The van der Waals surface area contributed by atoms with Crippen molar-refractivity contribution in [2.75, 3.05) is 11.1 Å². The normalized spacial score (nSPS) is 10.8. The van der Waals surface area contributed by atoms with Crippen LogP contribution in [0.4, 0.5) is 5.69 Å². The third-order valence-electron chi connectivity index (χ3n) is 4.95. The molecule has 8 heteroatoms. The van der Waals surface area contributed by atoms with E-state index in [0.717, 1.165) is 38.2 Å². The Bertz CT molecular complexity index is 1100. The molecule has 0 spiro atoms. The van der Waals surface area contributed by atoms with Gasteiger partial charge in [-0.05, 0) is 62.1 Å². The summed E-state index contributed by atoms with van der Waals surface area (Å²) < 4.78 is 8.96. The van der Waals surface area contributed by atoms with Gasteiger partial charge in [0.05, 0.1) is 5.75 Å². The number of ether oxygens (including phenoxy) is 1. The molecule has 0 aliphatic heterocycles. The molecule has 3 aromatic rings. The molecule has 168 valence electrons. The number of anilines is 1. The molecule has 0 atom stereocenters. The van der Waals surface area contributed by atoms with E-state index >= 15 is 0 Å². The van der Waals surface area contributed by atoms with Crippen LogP contribution in [0.15, 0.2) is 52.6 Å². The lowest BCUT2D eigenvalue weighted by Crippen LogP contribution is -2.16. The maximum absolute atomic E-state index is 12.6. The number of nitrogens with zero attached hydrogens (tertiary/aromatic N) is 3. The summed E-state index contributed by atoms with van der Waals surface area (Å²) in [6.45, 7) is 12.6. The van der Waals surface area contributed by atoms with E-state index in [-0.39, 0.29) is 18.3 Å². The molecule has 2 aromatic carbocycles. The lowest BCUT2D eigenvalue weighted by atomic mass is 10.1. The van der Waals surface area contributed by atoms with Crippen LogP contribution in [0.25, 0.3) is 0 Å². The maximum Gasteiger partial charge on any atom is 0.234 e. The highest BCUT2D eigenvalue weighted by Gasteiger charge is 2.16. The van der Waals surface area contributed by atoms with E-state index in [4.69, 9.17) is 4.74 Å². The molecule has 1 heterocycles. The van der Waals surface area contributed by atoms with Gasteiger partial charge in [0.25, 0.3) is 0 Å². The predicted octanol–water partition coefficient (Wildman–Crippen LogP) is 5.77. The molecule has 1 N–H and O–H groups in total. The maximum atomic E-state index is 12.6. The van der Waals surface area contributed by atoms with Crippen molar-refractivity contribution >= 4 is 39.3 Å². The van der Waals surface area contributed by atoms with Gasteiger partial charge in [0, 0.05) is 16.7 Å². The summed E-state index contributed by atoms with van der Waals surface area (Å²) in [5, 5.41) is 12.2. The average molecular weight is 515 g/mol. The summed E-state index contributed by atoms with van der Waals surface area (Å²) >= 11 is 4.82. The number of nitrogens with one attached hydrogen (secondary N) is 1. The number of halogens is 1. The first-order valence-corrected chi connectivity index (χ1v) is 12.0. The molecule has 0 aliphatic carbocycles. The Hall–Kier alpha value is -2.58. The van der Waals surface area contributed by atoms with Crippen LogP contribution in [0.1, 0.15) is 28.1 Å². The van der Waals surface area contributed by atoms with Gasteiger partial charge in [-0.2, -0.15) is 0 Å². The summed E-state index contributed by atoms with van der Waals surface area (Å²) in [6.07, 6.45) is 1.78. The third-order valence-corrected chi connectivity index (χ3v) is 6.38. The van der Waals surface area contributed by atoms with Gasteiger partial charge >= 0.3 is 0 Å². The third kappa shape index (κ3) is 5.81. The highest BCUT2D eigenvalue weighted by molar-refractivity contribution is 9.10. The van der Waals surface area contributed by atoms with Crippen molar-refractivity contribution in [3.8, 4) is 5.75 Å². The largest absolute Gasteiger partial charge is 0.485 e. The average Bonchev–Trinajstić information content (AvgIpc) is 3.11. The number of amides is 1. The van der Waals surface area contributed by atoms with Crippen molar-refractivity contribution < 1.29 is 9.53 Å². The van der Waals surface area contributed by atoms with Crippen LogP contribution in [0, 0.1) is 27.7 Å². The summed E-state index contributed by atoms with van der Waals surface area (Å²) in [5.41, 5.74) is 5.01. The molecular formula is C24H27BrN4O2S. The predicted molar refractivity (Wildman–Crippen MR) is 133 cm³/mol. The van der Waals surface area contributed by atoms with Gasteiger partial charge in [-0.1, -0.05) is 52.0 Å². The molecule has 0 fully saturated rings. The first kappa shape index (κ1) is 24.1. The van der Waals surface area contributed by atoms with Crippen LogP contribution in [0.5, 0.6) is 5.75 Å². The van der Waals surface area contributed by atoms with Crippen molar-refractivity contribution in [1.29, 1.82) is 0 Å². The molecule has 0 aliphatic rings. The lowest BCUT2D eigenvalue weighted by Gasteiger charge is -2.13. The smallest absolute Gasteiger partial charge is 0.234 e. The number of hydrogen-bond acceptors (Lipinski definition) is 5. The minimum atomic E-state index is -0.0926. The lowest BCUT2D eigenvalue weighted by molar-refractivity contribution is -0.113. The Balaban J connectivity index is 1.67. The SMILES string of the molecule is C=CCn1c(COc2c(C)cccc2C)nnc1SCC(=O)Nc1c(C)cc(Br)cc1C. The first-order valence-electron chi connectivity index (χ1n) is 10.2. The monoisotopic (exact) mass is 514 g/mol. The van der Waals surface area contributed by atoms with E-state index in [9.17, 15) is 4.79 Å². The van der Waals surface area contributed by atoms with E-state index in [1.54, 1.807) is 6.08 Å². The molecule has 3 rings (SSSR count). The van der Waals surface area contributed by atoms with Crippen LogP contribution in [0.3, 0.4) is 0 Å². The van der Waals surface area contributed by atoms with Gasteiger partial charge in [-0.15, -0.1) is 16.8 Å². The van der Waals surface area contributed by atoms with Gasteiger partial charge in [0.15, 0.2) is 11.0 Å². The fourth-order valence-corrected chi connectivity index (χ4v) is 4.88. The van der Waals surface area contributed by atoms with Gasteiger partial charge in [-0.25, -0.2) is 0 Å². The van der Waals surface area contributed by atoms with Crippen molar-refractivity contribution in [2.24, 2.45) is 0 Å².